The monoisotopic (exact) mass is 1540 g/mol. The van der Waals surface area contributed by atoms with E-state index in [1.807, 2.05) is 214 Å². The number of nitrogens with one attached hydrogen (secondary N) is 4. The molecule has 0 fully saturated rings. The van der Waals surface area contributed by atoms with E-state index in [4.69, 9.17) is 18.9 Å². The lowest BCUT2D eigenvalue weighted by atomic mass is 9.75. The highest BCUT2D eigenvalue weighted by Crippen LogP contribution is 2.58. The molecule has 0 radical (unpaired) electrons. The highest BCUT2D eigenvalue weighted by atomic mass is 16.5. The summed E-state index contributed by atoms with van der Waals surface area (Å²) in [6.45, 7) is 9.34. The molecule has 4 unspecified atom stereocenters. The number of aromatic hydroxyl groups is 4. The van der Waals surface area contributed by atoms with Crippen molar-refractivity contribution in [3.05, 3.63) is 332 Å². The summed E-state index contributed by atoms with van der Waals surface area (Å²) in [5, 5.41) is 66.7. The molecule has 4 amide bonds. The lowest BCUT2D eigenvalue weighted by Crippen LogP contribution is -2.34. The third kappa shape index (κ3) is 14.3. The van der Waals surface area contributed by atoms with Gasteiger partial charge in [-0.3, -0.25) is 19.2 Å². The van der Waals surface area contributed by atoms with Gasteiger partial charge in [-0.25, -0.2) is 0 Å². The van der Waals surface area contributed by atoms with Crippen molar-refractivity contribution in [3.63, 3.8) is 0 Å². The van der Waals surface area contributed by atoms with E-state index in [0.29, 0.717) is 160 Å². The second-order valence-corrected chi connectivity index (χ2v) is 30.0. The Kier molecular flexibility index (Phi) is 20.6. The molecule has 20 nitrogen and oxygen atoms in total. The van der Waals surface area contributed by atoms with Crippen molar-refractivity contribution in [1.82, 2.24) is 0 Å². The Bertz CT molecular complexity index is 5020. The molecule has 1 aliphatic carbocycles. The van der Waals surface area contributed by atoms with Gasteiger partial charge in [0.2, 0.25) is 0 Å². The largest absolute Gasteiger partial charge is 0.507 e. The maximum Gasteiger partial charge on any atom is 0.255 e. The van der Waals surface area contributed by atoms with Crippen LogP contribution in [0.3, 0.4) is 0 Å². The van der Waals surface area contributed by atoms with Gasteiger partial charge in [0.05, 0.1) is 48.4 Å². The lowest BCUT2D eigenvalue weighted by molar-refractivity contribution is 0.101. The number of phenolic OH excluding ortho intramolecular Hbond substituents is 4. The topological polar surface area (TPSA) is 247 Å². The van der Waals surface area contributed by atoms with E-state index in [1.165, 1.54) is 0 Å². The summed E-state index contributed by atoms with van der Waals surface area (Å²) in [4.78, 5) is 61.7. The number of fused-ring (bicyclic) bond motifs is 16. The first kappa shape index (κ1) is 74.8. The molecule has 4 aliphatic heterocycles. The molecule has 584 valence electrons. The maximum absolute atomic E-state index is 13.7. The van der Waals surface area contributed by atoms with Crippen LogP contribution < -0.4 is 59.8 Å². The van der Waals surface area contributed by atoms with Crippen molar-refractivity contribution in [2.24, 2.45) is 0 Å². The number of nitrogens with zero attached hydrogens (tertiary/aromatic N) is 4. The molecule has 8 bridgehead atoms. The van der Waals surface area contributed by atoms with E-state index >= 15 is 0 Å². The molecule has 0 saturated heterocycles. The summed E-state index contributed by atoms with van der Waals surface area (Å²) in [7, 11) is 0. The summed E-state index contributed by atoms with van der Waals surface area (Å²) < 4.78 is 28.4. The molecule has 5 aliphatic rings. The fraction of sp³-hybridized carbons (Fsp3) is 0.208. The molecule has 4 heterocycles. The predicted molar refractivity (Wildman–Crippen MR) is 451 cm³/mol. The average molecular weight is 1550 g/mol. The molecule has 8 N–H and O–H groups in total. The molecule has 4 atom stereocenters. The van der Waals surface area contributed by atoms with Crippen LogP contribution in [0.25, 0.3) is 0 Å². The fourth-order valence-electron chi connectivity index (χ4n) is 17.2. The van der Waals surface area contributed by atoms with E-state index in [1.54, 1.807) is 48.5 Å². The van der Waals surface area contributed by atoms with Crippen molar-refractivity contribution in [1.29, 1.82) is 0 Å². The summed E-state index contributed by atoms with van der Waals surface area (Å²) in [5.74, 6) is -1.60. The molecule has 12 aromatic carbocycles. The van der Waals surface area contributed by atoms with Gasteiger partial charge in [0.1, 0.15) is 46.0 Å². The predicted octanol–water partition coefficient (Wildman–Crippen LogP) is 19.4. The SMILES string of the molecule is CCC1c2cc(c3c(c2O)CN(c2ccc(NC(=O)c4ccccc4)cc2)CO3)C(CC)c2cc(c3c(c2O)CN(c2ccc(NC(=O)c4ccccc4)cc2)CO3)C(CC)c2cc(c3c(c2O)CN(c2ccc(NC(=O)c4ccccc4)cc2)CO3)C(CC)c2cc1c1c(c2O)CN(c2ccc(NC(=O)c3ccccc3)cc2)CO1. The summed E-state index contributed by atoms with van der Waals surface area (Å²) >= 11 is 0. The normalized spacial score (nSPS) is 16.4. The first-order chi connectivity index (χ1) is 56.6. The minimum absolute atomic E-state index is 0.00757. The Hall–Kier alpha value is -13.9. The third-order valence-electron chi connectivity index (χ3n) is 23.2. The number of amides is 4. The maximum atomic E-state index is 13.7. The number of rotatable bonds is 16. The van der Waals surface area contributed by atoms with E-state index in [-0.39, 0.29) is 99.7 Å². The van der Waals surface area contributed by atoms with E-state index < -0.39 is 23.7 Å². The Labute approximate surface area is 672 Å². The number of anilines is 8. The third-order valence-corrected chi connectivity index (χ3v) is 23.2. The van der Waals surface area contributed by atoms with Gasteiger partial charge >= 0.3 is 0 Å². The number of carbonyl (C=O) groups excluding carboxylic acids is 4. The molecule has 0 saturated carbocycles. The number of ether oxygens (including phenoxy) is 4. The van der Waals surface area contributed by atoms with E-state index in [0.717, 1.165) is 22.7 Å². The minimum atomic E-state index is -0.624. The molecule has 0 spiro atoms. The van der Waals surface area contributed by atoms with Gasteiger partial charge in [-0.2, -0.15) is 0 Å². The van der Waals surface area contributed by atoms with Gasteiger partial charge in [-0.1, -0.05) is 100 Å². The van der Waals surface area contributed by atoms with Crippen LogP contribution in [-0.2, 0) is 26.2 Å². The molecular weight excluding hydrogens is 1460 g/mol. The van der Waals surface area contributed by atoms with Crippen molar-refractivity contribution in [2.45, 2.75) is 103 Å². The molecule has 17 rings (SSSR count). The van der Waals surface area contributed by atoms with Crippen LogP contribution in [0.15, 0.2) is 243 Å². The molecule has 116 heavy (non-hydrogen) atoms. The number of hydrogen-bond donors (Lipinski definition) is 8. The molecule has 20 heteroatoms. The average Bonchev–Trinajstić information content (AvgIpc) is 0.723. The Morgan fingerprint density at radius 3 is 0.655 bits per heavy atom. The van der Waals surface area contributed by atoms with E-state index in [2.05, 4.69) is 49.0 Å². The van der Waals surface area contributed by atoms with Crippen molar-refractivity contribution in [3.8, 4) is 46.0 Å². The summed E-state index contributed by atoms with van der Waals surface area (Å²) in [6, 6.07) is 74.3. The zero-order valence-electron chi connectivity index (χ0n) is 64.7. The van der Waals surface area contributed by atoms with Crippen LogP contribution >= 0.6 is 0 Å². The van der Waals surface area contributed by atoms with Crippen LogP contribution in [0.5, 0.6) is 46.0 Å². The van der Waals surface area contributed by atoms with Gasteiger partial charge < -0.3 is 80.2 Å². The second kappa shape index (κ2) is 31.9. The van der Waals surface area contributed by atoms with Crippen LogP contribution in [-0.4, -0.2) is 71.0 Å². The number of benzene rings is 12. The Morgan fingerprint density at radius 2 is 0.474 bits per heavy atom. The molecular formula is C96H88N8O12. The molecule has 12 aromatic rings. The minimum Gasteiger partial charge on any atom is -0.507 e. The first-order valence-electron chi connectivity index (χ1n) is 39.5. The smallest absolute Gasteiger partial charge is 0.255 e. The molecule has 0 aromatic heterocycles. The van der Waals surface area contributed by atoms with Crippen molar-refractivity contribution < 1.29 is 58.6 Å². The van der Waals surface area contributed by atoms with Gasteiger partial charge in [-0.15, -0.1) is 0 Å². The lowest BCUT2D eigenvalue weighted by Gasteiger charge is -2.38. The zero-order chi connectivity index (χ0) is 79.8. The van der Waals surface area contributed by atoms with Crippen molar-refractivity contribution >= 4 is 69.1 Å². The van der Waals surface area contributed by atoms with Crippen LogP contribution in [0, 0.1) is 0 Å². The number of hydrogen-bond acceptors (Lipinski definition) is 16. The Morgan fingerprint density at radius 1 is 0.284 bits per heavy atom. The standard InChI is InChI=1S/C96H88N8O12/c1-5-69-73-45-78(90-81(85(73)105)49-101(54-114-90)65-37-29-61(30-38-65)97-93(109)57-21-13-9-14-22-57)71(7-3)75-47-80(92-83(87(75)107)51-103(56-116-92)67-41-33-63(34-42-67)99-95(111)59-25-17-11-18-26-59)72(8-4)76-48-79(91-84(88(76)108)52-104(55-115-91)68-43-35-64(36-44-68)100-96(112)60-27-19-12-20-28-60)70(6-2)74-46-77(69)89-82(86(74)106)50-102(53-113-89)66-39-31-62(32-40-66)98-94(110)58-23-15-10-16-24-58/h9-48,69-72,105-108H,5-8,49-56H2,1-4H3,(H,97,109)(H,98,110)(H,99,111)(H,100,112). The highest BCUT2D eigenvalue weighted by Gasteiger charge is 2.41. The van der Waals surface area contributed by atoms with Crippen LogP contribution in [0.1, 0.15) is 185 Å². The van der Waals surface area contributed by atoms with Crippen molar-refractivity contribution in [2.75, 3.05) is 67.8 Å². The van der Waals surface area contributed by atoms with Gasteiger partial charge in [0, 0.05) is 136 Å². The van der Waals surface area contributed by atoms with E-state index in [9.17, 15) is 39.6 Å². The quantitative estimate of drug-likeness (QED) is 0.0448. The highest BCUT2D eigenvalue weighted by molar-refractivity contribution is 6.06. The first-order valence-corrected chi connectivity index (χ1v) is 39.5. The van der Waals surface area contributed by atoms with Crippen LogP contribution in [0.2, 0.25) is 0 Å². The second-order valence-electron chi connectivity index (χ2n) is 30.0. The zero-order valence-corrected chi connectivity index (χ0v) is 64.7. The number of carbonyl (C=O) groups is 4. The van der Waals surface area contributed by atoms with Crippen LogP contribution in [0.4, 0.5) is 45.5 Å². The fourth-order valence-corrected chi connectivity index (χ4v) is 17.2. The van der Waals surface area contributed by atoms with Gasteiger partial charge in [-0.05, 0) is 196 Å². The summed E-state index contributed by atoms with van der Waals surface area (Å²) in [5.41, 5.74) is 14.8. The van der Waals surface area contributed by atoms with Gasteiger partial charge in [0.25, 0.3) is 23.6 Å². The van der Waals surface area contributed by atoms with Gasteiger partial charge in [0.15, 0.2) is 26.9 Å². The Balaban J connectivity index is 0.834. The number of phenols is 4. The summed E-state index contributed by atoms with van der Waals surface area (Å²) in [6.07, 6.45) is 1.71.